The Kier molecular flexibility index (Phi) is 2.14. The molecule has 0 N–H and O–H groups in total. The Bertz CT molecular complexity index is 365. The normalized spacial score (nSPS) is 24.9. The number of aryl methyl sites for hydroxylation is 1. The fourth-order valence-corrected chi connectivity index (χ4v) is 2.01. The van der Waals surface area contributed by atoms with E-state index < -0.39 is 0 Å². The van der Waals surface area contributed by atoms with Crippen molar-refractivity contribution in [1.29, 1.82) is 0 Å². The molecule has 1 aromatic rings. The van der Waals surface area contributed by atoms with Crippen LogP contribution in [0, 0.1) is 6.92 Å². The molecule has 0 radical (unpaired) electrons. The van der Waals surface area contributed by atoms with E-state index in [1.165, 1.54) is 23.1 Å². The third-order valence-electron chi connectivity index (χ3n) is 3.19. The van der Waals surface area contributed by atoms with Gasteiger partial charge in [0, 0.05) is 0 Å². The van der Waals surface area contributed by atoms with E-state index in [1.807, 2.05) is 0 Å². The number of rotatable bonds is 1. The van der Waals surface area contributed by atoms with Crippen molar-refractivity contribution < 1.29 is 0 Å². The number of benzene rings is 1. The molecule has 0 heterocycles. The van der Waals surface area contributed by atoms with Gasteiger partial charge in [0.25, 0.3) is 0 Å². The zero-order valence-corrected chi connectivity index (χ0v) is 8.59. The van der Waals surface area contributed by atoms with Gasteiger partial charge in [0.05, 0.1) is 0 Å². The molecule has 0 aliphatic heterocycles. The van der Waals surface area contributed by atoms with Gasteiger partial charge in [-0.25, -0.2) is 0 Å². The van der Waals surface area contributed by atoms with Crippen LogP contribution < -0.4 is 0 Å². The predicted octanol–water partition coefficient (Wildman–Crippen LogP) is 2.80. The van der Waals surface area contributed by atoms with Crippen LogP contribution in [-0.4, -0.2) is 17.7 Å². The van der Waals surface area contributed by atoms with Crippen molar-refractivity contribution >= 4 is 23.8 Å². The minimum atomic E-state index is 0.281. The van der Waals surface area contributed by atoms with E-state index in [-0.39, 0.29) is 4.09 Å². The summed E-state index contributed by atoms with van der Waals surface area (Å²) in [5, 5.41) is 0. The first-order valence-corrected chi connectivity index (χ1v) is 4.96. The molecule has 1 aliphatic carbocycles. The zero-order valence-electron chi connectivity index (χ0n) is 8.59. The molecule has 0 saturated heterocycles. The molecule has 0 spiro atoms. The second-order valence-electron chi connectivity index (χ2n) is 4.20. The van der Waals surface area contributed by atoms with Crippen LogP contribution in [0.4, 0.5) is 0 Å². The molecule has 0 bridgehead atoms. The van der Waals surface area contributed by atoms with Crippen molar-refractivity contribution in [2.45, 2.75) is 24.4 Å². The Morgan fingerprint density at radius 1 is 1.38 bits per heavy atom. The minimum absolute atomic E-state index is 0.281. The van der Waals surface area contributed by atoms with Crippen molar-refractivity contribution in [3.05, 3.63) is 41.0 Å². The van der Waals surface area contributed by atoms with Gasteiger partial charge in [-0.05, 0) is 0 Å². The van der Waals surface area contributed by atoms with E-state index in [2.05, 4.69) is 61.9 Å². The Morgan fingerprint density at radius 2 is 2.15 bits per heavy atom. The van der Waals surface area contributed by atoms with Crippen molar-refractivity contribution in [1.82, 2.24) is 0 Å². The zero-order chi connectivity index (χ0) is 9.47. The molecule has 1 aliphatic rings. The van der Waals surface area contributed by atoms with Crippen molar-refractivity contribution in [2.75, 3.05) is 0 Å². The van der Waals surface area contributed by atoms with Gasteiger partial charge < -0.3 is 0 Å². The molecular formula is C12H13Li. The fraction of sp³-hybridized carbons (Fsp3) is 0.333. The van der Waals surface area contributed by atoms with E-state index >= 15 is 0 Å². The van der Waals surface area contributed by atoms with Crippen LogP contribution in [0.5, 0.6) is 0 Å². The molecule has 0 aromatic heterocycles. The van der Waals surface area contributed by atoms with Crippen LogP contribution in [-0.2, 0) is 4.09 Å². The molecular weight excluding hydrogens is 151 g/mol. The summed E-state index contributed by atoms with van der Waals surface area (Å²) in [6, 6.07) is 6.75. The van der Waals surface area contributed by atoms with E-state index in [1.54, 1.807) is 0 Å². The first-order chi connectivity index (χ1) is 6.15. The van der Waals surface area contributed by atoms with E-state index in [0.717, 1.165) is 0 Å². The summed E-state index contributed by atoms with van der Waals surface area (Å²) >= 11 is 2.31. The standard InChI is InChI=1S/C12H13.Li/c1-3-10-5-6-11-8-9(2)4-7-12(10)11;/h4-8H,3H2,1-2H3;. The number of fused-ring (bicyclic) bond motifs is 1. The molecule has 62 valence electrons. The molecule has 1 aromatic carbocycles. The number of hydrogen-bond acceptors (Lipinski definition) is 0. The molecule has 1 heteroatoms. The van der Waals surface area contributed by atoms with Crippen LogP contribution in [0.3, 0.4) is 0 Å². The Morgan fingerprint density at radius 3 is 2.85 bits per heavy atom. The third-order valence-corrected chi connectivity index (χ3v) is 3.19. The van der Waals surface area contributed by atoms with Gasteiger partial charge in [0.1, 0.15) is 0 Å². The van der Waals surface area contributed by atoms with Gasteiger partial charge in [-0.2, -0.15) is 0 Å². The molecule has 1 unspecified atom stereocenters. The van der Waals surface area contributed by atoms with E-state index in [4.69, 9.17) is 0 Å². The summed E-state index contributed by atoms with van der Waals surface area (Å²) < 4.78 is 0.281. The van der Waals surface area contributed by atoms with E-state index in [0.29, 0.717) is 0 Å². The second-order valence-corrected chi connectivity index (χ2v) is 4.20. The maximum absolute atomic E-state index is 2.33. The molecule has 0 amide bonds. The van der Waals surface area contributed by atoms with Crippen LogP contribution >= 0.6 is 0 Å². The SMILES string of the molecule is [Li][C]1(CC)C=Cc2cc(C)ccc21. The van der Waals surface area contributed by atoms with Gasteiger partial charge in [-0.3, -0.25) is 0 Å². The summed E-state index contributed by atoms with van der Waals surface area (Å²) in [7, 11) is 0. The number of allylic oxidation sites excluding steroid dienone is 1. The molecule has 0 fully saturated rings. The summed E-state index contributed by atoms with van der Waals surface area (Å²) in [4.78, 5) is 0. The first-order valence-electron chi connectivity index (χ1n) is 4.96. The first kappa shape index (κ1) is 9.13. The third kappa shape index (κ3) is 1.39. The monoisotopic (exact) mass is 164 g/mol. The van der Waals surface area contributed by atoms with Gasteiger partial charge in [-0.1, -0.05) is 0 Å². The maximum atomic E-state index is 2.33. The summed E-state index contributed by atoms with van der Waals surface area (Å²) in [5.74, 6) is 0. The van der Waals surface area contributed by atoms with Crippen LogP contribution in [0.2, 0.25) is 0 Å². The molecule has 1 atom stereocenters. The van der Waals surface area contributed by atoms with Gasteiger partial charge >= 0.3 is 89.1 Å². The van der Waals surface area contributed by atoms with Gasteiger partial charge in [0.2, 0.25) is 0 Å². The Labute approximate surface area is 89.2 Å². The average Bonchev–Trinajstić information content (AvgIpc) is 2.45. The van der Waals surface area contributed by atoms with Gasteiger partial charge in [0.15, 0.2) is 0 Å². The van der Waals surface area contributed by atoms with Crippen LogP contribution in [0.15, 0.2) is 24.3 Å². The average molecular weight is 164 g/mol. The van der Waals surface area contributed by atoms with Crippen molar-refractivity contribution in [3.63, 3.8) is 0 Å². The second kappa shape index (κ2) is 3.05. The fourth-order valence-electron chi connectivity index (χ4n) is 2.01. The Balaban J connectivity index is 2.55. The molecule has 0 nitrogen and oxygen atoms in total. The van der Waals surface area contributed by atoms with Crippen molar-refractivity contribution in [3.8, 4) is 0 Å². The predicted molar refractivity (Wildman–Crippen MR) is 57.9 cm³/mol. The van der Waals surface area contributed by atoms with Crippen molar-refractivity contribution in [2.24, 2.45) is 0 Å². The molecule has 0 saturated carbocycles. The summed E-state index contributed by atoms with van der Waals surface area (Å²) in [6.45, 7) is 4.40. The molecule has 2 rings (SSSR count). The Hall–Kier alpha value is -0.443. The summed E-state index contributed by atoms with van der Waals surface area (Å²) in [6.07, 6.45) is 5.77. The van der Waals surface area contributed by atoms with Crippen LogP contribution in [0.1, 0.15) is 30.0 Å². The quantitative estimate of drug-likeness (QED) is 0.560. The topological polar surface area (TPSA) is 0 Å². The number of hydrogen-bond donors (Lipinski definition) is 0. The van der Waals surface area contributed by atoms with Gasteiger partial charge in [-0.15, -0.1) is 0 Å². The summed E-state index contributed by atoms with van der Waals surface area (Å²) in [5.41, 5.74) is 4.24. The van der Waals surface area contributed by atoms with Crippen LogP contribution in [0.25, 0.3) is 6.08 Å². The van der Waals surface area contributed by atoms with E-state index in [9.17, 15) is 0 Å². The molecule has 13 heavy (non-hydrogen) atoms.